The van der Waals surface area contributed by atoms with Crippen molar-refractivity contribution in [3.8, 4) is 0 Å². The van der Waals surface area contributed by atoms with Gasteiger partial charge in [0.15, 0.2) is 0 Å². The summed E-state index contributed by atoms with van der Waals surface area (Å²) in [5.41, 5.74) is 3.58. The average Bonchev–Trinajstić information content (AvgIpc) is 2.29. The van der Waals surface area contributed by atoms with Crippen LogP contribution in [0, 0.1) is 13.8 Å². The van der Waals surface area contributed by atoms with Gasteiger partial charge in [-0.1, -0.05) is 6.92 Å². The van der Waals surface area contributed by atoms with E-state index in [1.807, 2.05) is 11.6 Å². The average molecular weight is 168 g/mol. The third-order valence-corrected chi connectivity index (χ3v) is 2.20. The number of rotatable bonds is 3. The van der Waals surface area contributed by atoms with E-state index in [1.165, 1.54) is 11.3 Å². The number of aromatic nitrogens is 2. The second kappa shape index (κ2) is 3.72. The first kappa shape index (κ1) is 9.26. The smallest absolute Gasteiger partial charge is 0.0644 e. The second-order valence-corrected chi connectivity index (χ2v) is 2.95. The second-order valence-electron chi connectivity index (χ2n) is 2.95. The van der Waals surface area contributed by atoms with Crippen molar-refractivity contribution in [1.29, 1.82) is 0 Å². The van der Waals surface area contributed by atoms with Crippen LogP contribution in [0.2, 0.25) is 0 Å². The molecule has 0 amide bonds. The van der Waals surface area contributed by atoms with Gasteiger partial charge >= 0.3 is 0 Å². The van der Waals surface area contributed by atoms with Crippen molar-refractivity contribution in [3.05, 3.63) is 17.0 Å². The number of nitrogens with zero attached hydrogens (tertiary/aromatic N) is 2. The summed E-state index contributed by atoms with van der Waals surface area (Å²) in [5, 5.41) is 13.1. The molecular formula is C9H16N2O. The van der Waals surface area contributed by atoms with Gasteiger partial charge in [-0.3, -0.25) is 4.68 Å². The van der Waals surface area contributed by atoms with Gasteiger partial charge in [0.05, 0.1) is 18.8 Å². The molecule has 0 aliphatic rings. The summed E-state index contributed by atoms with van der Waals surface area (Å²) in [7, 11) is 0. The zero-order valence-electron chi connectivity index (χ0n) is 7.96. The van der Waals surface area contributed by atoms with Gasteiger partial charge in [-0.15, -0.1) is 0 Å². The summed E-state index contributed by atoms with van der Waals surface area (Å²) in [6.07, 6.45) is 1.02. The number of hydrogen-bond donors (Lipinski definition) is 1. The standard InChI is InChI=1S/C9H16N2O/c1-4-9-7(2)10-11(5-6-12)8(9)3/h12H,4-6H2,1-3H3. The molecule has 3 nitrogen and oxygen atoms in total. The van der Waals surface area contributed by atoms with Crippen LogP contribution in [-0.2, 0) is 13.0 Å². The molecule has 0 saturated carbocycles. The fourth-order valence-corrected chi connectivity index (χ4v) is 1.56. The molecule has 1 heterocycles. The highest BCUT2D eigenvalue weighted by atomic mass is 16.3. The Balaban J connectivity index is 3.00. The van der Waals surface area contributed by atoms with Crippen molar-refractivity contribution in [2.45, 2.75) is 33.7 Å². The third kappa shape index (κ3) is 1.50. The number of aliphatic hydroxyl groups excluding tert-OH is 1. The minimum absolute atomic E-state index is 0.158. The Hall–Kier alpha value is -0.830. The van der Waals surface area contributed by atoms with Crippen LogP contribution in [0.4, 0.5) is 0 Å². The van der Waals surface area contributed by atoms with Crippen LogP contribution < -0.4 is 0 Å². The lowest BCUT2D eigenvalue weighted by molar-refractivity contribution is 0.268. The molecule has 0 aliphatic heterocycles. The molecule has 1 rings (SSSR count). The van der Waals surface area contributed by atoms with Crippen LogP contribution >= 0.6 is 0 Å². The van der Waals surface area contributed by atoms with E-state index >= 15 is 0 Å². The molecule has 0 aromatic carbocycles. The molecular weight excluding hydrogens is 152 g/mol. The summed E-state index contributed by atoms with van der Waals surface area (Å²) in [5.74, 6) is 0. The van der Waals surface area contributed by atoms with E-state index in [0.29, 0.717) is 6.54 Å². The first-order valence-corrected chi connectivity index (χ1v) is 4.34. The molecule has 0 atom stereocenters. The van der Waals surface area contributed by atoms with Crippen molar-refractivity contribution in [2.75, 3.05) is 6.61 Å². The molecule has 68 valence electrons. The Morgan fingerprint density at radius 1 is 1.42 bits per heavy atom. The van der Waals surface area contributed by atoms with Gasteiger partial charge in [-0.05, 0) is 25.8 Å². The lowest BCUT2D eigenvalue weighted by Crippen LogP contribution is -2.05. The van der Waals surface area contributed by atoms with Crippen molar-refractivity contribution in [1.82, 2.24) is 9.78 Å². The van der Waals surface area contributed by atoms with Gasteiger partial charge in [0.2, 0.25) is 0 Å². The number of aliphatic hydroxyl groups is 1. The minimum atomic E-state index is 0.158. The third-order valence-electron chi connectivity index (χ3n) is 2.20. The molecule has 0 bridgehead atoms. The van der Waals surface area contributed by atoms with Crippen LogP contribution in [0.1, 0.15) is 23.9 Å². The predicted octanol–water partition coefficient (Wildman–Crippen LogP) is 1.05. The van der Waals surface area contributed by atoms with Crippen molar-refractivity contribution in [2.24, 2.45) is 0 Å². The molecule has 0 spiro atoms. The van der Waals surface area contributed by atoms with Gasteiger partial charge < -0.3 is 5.11 Å². The Morgan fingerprint density at radius 2 is 2.08 bits per heavy atom. The molecule has 0 radical (unpaired) electrons. The summed E-state index contributed by atoms with van der Waals surface area (Å²) in [6, 6.07) is 0. The Kier molecular flexibility index (Phi) is 2.87. The summed E-state index contributed by atoms with van der Waals surface area (Å²) < 4.78 is 1.87. The van der Waals surface area contributed by atoms with Crippen LogP contribution in [0.15, 0.2) is 0 Å². The largest absolute Gasteiger partial charge is 0.394 e. The molecule has 1 aromatic rings. The summed E-state index contributed by atoms with van der Waals surface area (Å²) in [4.78, 5) is 0. The van der Waals surface area contributed by atoms with E-state index in [0.717, 1.165) is 12.1 Å². The van der Waals surface area contributed by atoms with Gasteiger partial charge in [-0.2, -0.15) is 5.10 Å². The zero-order valence-corrected chi connectivity index (χ0v) is 7.96. The van der Waals surface area contributed by atoms with Crippen molar-refractivity contribution >= 4 is 0 Å². The number of aryl methyl sites for hydroxylation is 1. The summed E-state index contributed by atoms with van der Waals surface area (Å²) >= 11 is 0. The Labute approximate surface area is 73.0 Å². The fraction of sp³-hybridized carbons (Fsp3) is 0.667. The molecule has 1 aromatic heterocycles. The van der Waals surface area contributed by atoms with Gasteiger partial charge in [0.1, 0.15) is 0 Å². The fourth-order valence-electron chi connectivity index (χ4n) is 1.56. The van der Waals surface area contributed by atoms with E-state index in [2.05, 4.69) is 18.9 Å². The van der Waals surface area contributed by atoms with Crippen LogP contribution in [-0.4, -0.2) is 21.5 Å². The maximum absolute atomic E-state index is 8.76. The lowest BCUT2D eigenvalue weighted by atomic mass is 10.1. The quantitative estimate of drug-likeness (QED) is 0.732. The van der Waals surface area contributed by atoms with Crippen LogP contribution in [0.25, 0.3) is 0 Å². The Bertz CT molecular complexity index is 266. The molecule has 0 unspecified atom stereocenters. The predicted molar refractivity (Wildman–Crippen MR) is 48.2 cm³/mol. The molecule has 0 aliphatic carbocycles. The van der Waals surface area contributed by atoms with E-state index in [1.54, 1.807) is 0 Å². The van der Waals surface area contributed by atoms with Crippen molar-refractivity contribution < 1.29 is 5.11 Å². The zero-order chi connectivity index (χ0) is 9.14. The highest BCUT2D eigenvalue weighted by molar-refractivity contribution is 5.24. The number of hydrogen-bond acceptors (Lipinski definition) is 2. The first-order valence-electron chi connectivity index (χ1n) is 4.34. The molecule has 0 fully saturated rings. The first-order chi connectivity index (χ1) is 5.70. The van der Waals surface area contributed by atoms with E-state index in [4.69, 9.17) is 5.11 Å². The highest BCUT2D eigenvalue weighted by Gasteiger charge is 2.07. The van der Waals surface area contributed by atoms with Gasteiger partial charge in [0, 0.05) is 5.69 Å². The molecule has 1 N–H and O–H groups in total. The van der Waals surface area contributed by atoms with E-state index in [-0.39, 0.29) is 6.61 Å². The SMILES string of the molecule is CCc1c(C)nn(CCO)c1C. The molecule has 0 saturated heterocycles. The highest BCUT2D eigenvalue weighted by Crippen LogP contribution is 2.12. The maximum Gasteiger partial charge on any atom is 0.0644 e. The van der Waals surface area contributed by atoms with Crippen LogP contribution in [0.5, 0.6) is 0 Å². The maximum atomic E-state index is 8.76. The normalized spacial score (nSPS) is 10.7. The van der Waals surface area contributed by atoms with E-state index < -0.39 is 0 Å². The molecule has 3 heteroatoms. The monoisotopic (exact) mass is 168 g/mol. The summed E-state index contributed by atoms with van der Waals surface area (Å²) in [6.45, 7) is 6.95. The lowest BCUT2D eigenvalue weighted by Gasteiger charge is -2.00. The van der Waals surface area contributed by atoms with E-state index in [9.17, 15) is 0 Å². The molecule has 12 heavy (non-hydrogen) atoms. The van der Waals surface area contributed by atoms with Gasteiger partial charge in [0.25, 0.3) is 0 Å². The topological polar surface area (TPSA) is 38.0 Å². The van der Waals surface area contributed by atoms with Crippen molar-refractivity contribution in [3.63, 3.8) is 0 Å². The Morgan fingerprint density at radius 3 is 2.50 bits per heavy atom. The van der Waals surface area contributed by atoms with Crippen LogP contribution in [0.3, 0.4) is 0 Å². The minimum Gasteiger partial charge on any atom is -0.394 e. The van der Waals surface area contributed by atoms with Gasteiger partial charge in [-0.25, -0.2) is 0 Å².